The van der Waals surface area contributed by atoms with Gasteiger partial charge in [0.2, 0.25) is 0 Å². The molecule has 24 heavy (non-hydrogen) atoms. The van der Waals surface area contributed by atoms with Crippen molar-refractivity contribution in [1.29, 1.82) is 0 Å². The Morgan fingerprint density at radius 2 is 1.25 bits per heavy atom. The van der Waals surface area contributed by atoms with Crippen LogP contribution in [0.15, 0.2) is 54.6 Å². The molecule has 0 radical (unpaired) electrons. The van der Waals surface area contributed by atoms with Gasteiger partial charge in [-0.15, -0.1) is 0 Å². The molecule has 2 aromatic rings. The van der Waals surface area contributed by atoms with Crippen LogP contribution in [0.3, 0.4) is 0 Å². The Morgan fingerprint density at radius 1 is 0.667 bits per heavy atom. The van der Waals surface area contributed by atoms with Gasteiger partial charge in [0.05, 0.1) is 0 Å². The molecule has 4 saturated carbocycles. The molecule has 0 aromatic heterocycles. The number of hydrogen-bond acceptors (Lipinski definition) is 1. The van der Waals surface area contributed by atoms with E-state index >= 15 is 0 Å². The van der Waals surface area contributed by atoms with Gasteiger partial charge in [-0.2, -0.15) is 0 Å². The summed E-state index contributed by atoms with van der Waals surface area (Å²) in [4.78, 5) is 0. The zero-order valence-electron chi connectivity index (χ0n) is 14.3. The summed E-state index contributed by atoms with van der Waals surface area (Å²) in [6.07, 6.45) is 7.53. The molecule has 0 saturated heterocycles. The molecule has 0 spiro atoms. The van der Waals surface area contributed by atoms with Crippen molar-refractivity contribution < 1.29 is 0 Å². The molecule has 4 bridgehead atoms. The number of hydrogen-bond donors (Lipinski definition) is 1. The smallest absolute Gasteiger partial charge is 0.0208 e. The maximum atomic E-state index is 3.94. The molecule has 0 amide bonds. The van der Waals surface area contributed by atoms with Crippen molar-refractivity contribution >= 4 is 0 Å². The zero-order chi connectivity index (χ0) is 15.9. The molecule has 0 unspecified atom stereocenters. The van der Waals surface area contributed by atoms with Crippen molar-refractivity contribution in [3.05, 3.63) is 60.2 Å². The van der Waals surface area contributed by atoms with Crippen molar-refractivity contribution in [3.63, 3.8) is 0 Å². The van der Waals surface area contributed by atoms with E-state index in [2.05, 4.69) is 59.9 Å². The van der Waals surface area contributed by atoms with Gasteiger partial charge in [-0.05, 0) is 72.5 Å². The summed E-state index contributed by atoms with van der Waals surface area (Å²) in [5.41, 5.74) is 4.04. The summed E-state index contributed by atoms with van der Waals surface area (Å²) < 4.78 is 0. The number of rotatable bonds is 4. The molecular weight excluding hydrogens is 290 g/mol. The van der Waals surface area contributed by atoms with Crippen molar-refractivity contribution in [2.24, 2.45) is 23.7 Å². The molecule has 0 aliphatic heterocycles. The third-order valence-corrected chi connectivity index (χ3v) is 6.83. The third-order valence-electron chi connectivity index (χ3n) is 6.83. The van der Waals surface area contributed by atoms with Crippen LogP contribution in [-0.2, 0) is 6.54 Å². The van der Waals surface area contributed by atoms with Gasteiger partial charge < -0.3 is 5.32 Å². The molecule has 2 aromatic carbocycles. The SMILES string of the molecule is c1ccc(-c2ccc(CNC3C4CC5CC(C4)CC3C5)cc2)cc1. The van der Waals surface area contributed by atoms with Gasteiger partial charge in [0, 0.05) is 12.6 Å². The summed E-state index contributed by atoms with van der Waals surface area (Å²) in [6.45, 7) is 1.03. The number of nitrogens with one attached hydrogen (secondary N) is 1. The zero-order valence-corrected chi connectivity index (χ0v) is 14.3. The highest BCUT2D eigenvalue weighted by Crippen LogP contribution is 2.53. The van der Waals surface area contributed by atoms with E-state index in [1.165, 1.54) is 42.4 Å². The predicted molar refractivity (Wildman–Crippen MR) is 99.6 cm³/mol. The summed E-state index contributed by atoms with van der Waals surface area (Å²) in [7, 11) is 0. The first-order chi connectivity index (χ1) is 11.8. The molecule has 6 rings (SSSR count). The van der Waals surface area contributed by atoms with E-state index in [1.54, 1.807) is 6.42 Å². The fraction of sp³-hybridized carbons (Fsp3) is 0.478. The van der Waals surface area contributed by atoms with Crippen LogP contribution in [-0.4, -0.2) is 6.04 Å². The fourth-order valence-corrected chi connectivity index (χ4v) is 5.94. The molecule has 0 heterocycles. The van der Waals surface area contributed by atoms with Crippen molar-refractivity contribution in [2.75, 3.05) is 0 Å². The Bertz CT molecular complexity index is 660. The maximum absolute atomic E-state index is 3.94. The van der Waals surface area contributed by atoms with E-state index in [0.29, 0.717) is 0 Å². The van der Waals surface area contributed by atoms with Gasteiger partial charge in [-0.3, -0.25) is 0 Å². The van der Waals surface area contributed by atoms with Crippen molar-refractivity contribution in [1.82, 2.24) is 5.32 Å². The lowest BCUT2D eigenvalue weighted by Crippen LogP contribution is -2.54. The Kier molecular flexibility index (Phi) is 3.70. The van der Waals surface area contributed by atoms with E-state index in [4.69, 9.17) is 0 Å². The van der Waals surface area contributed by atoms with E-state index in [0.717, 1.165) is 36.3 Å². The van der Waals surface area contributed by atoms with Crippen LogP contribution in [0.5, 0.6) is 0 Å². The van der Waals surface area contributed by atoms with E-state index in [9.17, 15) is 0 Å². The van der Waals surface area contributed by atoms with E-state index < -0.39 is 0 Å². The molecule has 4 fully saturated rings. The minimum atomic E-state index is 0.784. The second kappa shape index (κ2) is 6.04. The molecule has 1 N–H and O–H groups in total. The molecule has 0 atom stereocenters. The minimum Gasteiger partial charge on any atom is -0.309 e. The van der Waals surface area contributed by atoms with E-state index in [1.807, 2.05) is 0 Å². The average Bonchev–Trinajstić information content (AvgIpc) is 2.62. The largest absolute Gasteiger partial charge is 0.309 e. The second-order valence-electron chi connectivity index (χ2n) is 8.40. The molecule has 124 valence electrons. The Morgan fingerprint density at radius 3 is 1.88 bits per heavy atom. The monoisotopic (exact) mass is 317 g/mol. The summed E-state index contributed by atoms with van der Waals surface area (Å²) in [5, 5.41) is 3.94. The van der Waals surface area contributed by atoms with Crippen LogP contribution in [0.1, 0.15) is 37.7 Å². The van der Waals surface area contributed by atoms with Crippen LogP contribution in [0.25, 0.3) is 11.1 Å². The Balaban J connectivity index is 1.24. The summed E-state index contributed by atoms with van der Waals surface area (Å²) >= 11 is 0. The standard InChI is InChI=1S/C23H27N/c1-2-4-19(5-3-1)20-8-6-16(7-9-20)15-24-23-21-11-17-10-18(13-21)14-22(23)12-17/h1-9,17-18,21-24H,10-15H2. The van der Waals surface area contributed by atoms with Gasteiger partial charge in [0.1, 0.15) is 0 Å². The molecule has 1 heteroatoms. The van der Waals surface area contributed by atoms with Crippen molar-refractivity contribution in [2.45, 2.75) is 44.7 Å². The van der Waals surface area contributed by atoms with Crippen LogP contribution in [0.4, 0.5) is 0 Å². The molecule has 4 aliphatic carbocycles. The van der Waals surface area contributed by atoms with Gasteiger partial charge in [0.25, 0.3) is 0 Å². The van der Waals surface area contributed by atoms with Crippen LogP contribution in [0, 0.1) is 23.7 Å². The molecule has 1 nitrogen and oxygen atoms in total. The number of benzene rings is 2. The lowest BCUT2D eigenvalue weighted by Gasteiger charge is -2.54. The highest BCUT2D eigenvalue weighted by Gasteiger charge is 2.47. The average molecular weight is 317 g/mol. The summed E-state index contributed by atoms with van der Waals surface area (Å²) in [5.74, 6) is 4.06. The fourth-order valence-electron chi connectivity index (χ4n) is 5.94. The van der Waals surface area contributed by atoms with Gasteiger partial charge in [-0.25, -0.2) is 0 Å². The molecular formula is C23H27N. The minimum absolute atomic E-state index is 0.784. The lowest BCUT2D eigenvalue weighted by atomic mass is 9.54. The molecule has 4 aliphatic rings. The van der Waals surface area contributed by atoms with Crippen molar-refractivity contribution in [3.8, 4) is 11.1 Å². The maximum Gasteiger partial charge on any atom is 0.0208 e. The lowest BCUT2D eigenvalue weighted by molar-refractivity contribution is -0.0142. The highest BCUT2D eigenvalue weighted by molar-refractivity contribution is 5.63. The highest BCUT2D eigenvalue weighted by atomic mass is 14.9. The topological polar surface area (TPSA) is 12.0 Å². The Labute approximate surface area is 145 Å². The Hall–Kier alpha value is -1.60. The van der Waals surface area contributed by atoms with Crippen LogP contribution >= 0.6 is 0 Å². The first kappa shape index (κ1) is 14.7. The normalized spacial score (nSPS) is 33.8. The quantitative estimate of drug-likeness (QED) is 0.810. The predicted octanol–water partition coefficient (Wildman–Crippen LogP) is 5.27. The first-order valence-electron chi connectivity index (χ1n) is 9.73. The van der Waals surface area contributed by atoms with Gasteiger partial charge in [0.15, 0.2) is 0 Å². The van der Waals surface area contributed by atoms with Crippen LogP contribution < -0.4 is 5.32 Å². The third kappa shape index (κ3) is 2.69. The first-order valence-corrected chi connectivity index (χ1v) is 9.73. The van der Waals surface area contributed by atoms with Crippen LogP contribution in [0.2, 0.25) is 0 Å². The summed E-state index contributed by atoms with van der Waals surface area (Å²) in [6, 6.07) is 20.6. The second-order valence-corrected chi connectivity index (χ2v) is 8.40. The van der Waals surface area contributed by atoms with Gasteiger partial charge >= 0.3 is 0 Å². The van der Waals surface area contributed by atoms with Gasteiger partial charge in [-0.1, -0.05) is 54.6 Å². The van der Waals surface area contributed by atoms with E-state index in [-0.39, 0.29) is 0 Å².